The van der Waals surface area contributed by atoms with Gasteiger partial charge in [0, 0.05) is 17.8 Å². The van der Waals surface area contributed by atoms with Gasteiger partial charge in [-0.05, 0) is 49.1 Å². The fraction of sp³-hybridized carbons (Fsp3) is 0.316. The zero-order chi connectivity index (χ0) is 18.0. The van der Waals surface area contributed by atoms with Crippen molar-refractivity contribution in [3.05, 3.63) is 64.7 Å². The third-order valence-electron chi connectivity index (χ3n) is 4.33. The average Bonchev–Trinajstić information content (AvgIpc) is 3.39. The first-order valence-corrected chi connectivity index (χ1v) is 8.18. The third kappa shape index (κ3) is 4.21. The Hall–Kier alpha value is -2.76. The minimum atomic E-state index is -1.05. The highest BCUT2D eigenvalue weighted by atomic mass is 19.1. The minimum absolute atomic E-state index is 0.288. The lowest BCUT2D eigenvalue weighted by Crippen LogP contribution is -2.30. The molecule has 2 aromatic rings. The van der Waals surface area contributed by atoms with Crippen LogP contribution in [0.1, 0.15) is 58.4 Å². The van der Waals surface area contributed by atoms with Crippen LogP contribution in [0.3, 0.4) is 0 Å². The lowest BCUT2D eigenvalue weighted by atomic mass is 10.0. The Bertz CT molecular complexity index is 801. The Morgan fingerprint density at radius 1 is 1.32 bits per heavy atom. The van der Waals surface area contributed by atoms with Crippen molar-refractivity contribution in [1.82, 2.24) is 10.3 Å². The van der Waals surface area contributed by atoms with Gasteiger partial charge in [0.15, 0.2) is 0 Å². The van der Waals surface area contributed by atoms with E-state index in [-0.39, 0.29) is 12.3 Å². The van der Waals surface area contributed by atoms with E-state index in [9.17, 15) is 14.0 Å². The van der Waals surface area contributed by atoms with Crippen LogP contribution < -0.4 is 5.32 Å². The summed E-state index contributed by atoms with van der Waals surface area (Å²) in [7, 11) is 0. The molecule has 1 aromatic carbocycles. The molecular formula is C19H19FN2O3. The van der Waals surface area contributed by atoms with Crippen molar-refractivity contribution >= 4 is 11.9 Å². The largest absolute Gasteiger partial charge is 0.481 e. The molecule has 1 saturated carbocycles. The van der Waals surface area contributed by atoms with Gasteiger partial charge in [-0.2, -0.15) is 0 Å². The topological polar surface area (TPSA) is 79.3 Å². The SMILES string of the molecule is Cc1cc(C2CC2)ncc1C(=O)NC(CC(=O)O)c1ccc(F)cc1. The number of amides is 1. The molecule has 0 bridgehead atoms. The van der Waals surface area contributed by atoms with E-state index in [0.29, 0.717) is 17.0 Å². The molecule has 1 heterocycles. The molecule has 1 aromatic heterocycles. The van der Waals surface area contributed by atoms with Gasteiger partial charge in [0.2, 0.25) is 0 Å². The van der Waals surface area contributed by atoms with Crippen molar-refractivity contribution in [2.24, 2.45) is 0 Å². The Labute approximate surface area is 144 Å². The Morgan fingerprint density at radius 2 is 2.00 bits per heavy atom. The van der Waals surface area contributed by atoms with Gasteiger partial charge in [-0.25, -0.2) is 4.39 Å². The molecule has 6 heteroatoms. The Kier molecular flexibility index (Phi) is 4.79. The number of nitrogens with zero attached hydrogens (tertiary/aromatic N) is 1. The molecule has 130 valence electrons. The number of halogens is 1. The number of carbonyl (C=O) groups is 2. The number of aliphatic carboxylic acids is 1. The van der Waals surface area contributed by atoms with Crippen LogP contribution in [0.2, 0.25) is 0 Å². The molecule has 1 fully saturated rings. The molecule has 0 saturated heterocycles. The van der Waals surface area contributed by atoms with Gasteiger partial charge in [-0.3, -0.25) is 14.6 Å². The Balaban J connectivity index is 1.79. The van der Waals surface area contributed by atoms with Crippen molar-refractivity contribution in [2.75, 3.05) is 0 Å². The highest BCUT2D eigenvalue weighted by Gasteiger charge is 2.26. The van der Waals surface area contributed by atoms with E-state index in [1.165, 1.54) is 24.3 Å². The number of benzene rings is 1. The lowest BCUT2D eigenvalue weighted by Gasteiger charge is -2.18. The first-order chi connectivity index (χ1) is 11.9. The molecule has 3 rings (SSSR count). The van der Waals surface area contributed by atoms with Crippen molar-refractivity contribution in [2.45, 2.75) is 38.1 Å². The van der Waals surface area contributed by atoms with E-state index in [1.807, 2.05) is 13.0 Å². The number of hydrogen-bond acceptors (Lipinski definition) is 3. The first-order valence-electron chi connectivity index (χ1n) is 8.18. The number of nitrogens with one attached hydrogen (secondary N) is 1. The summed E-state index contributed by atoms with van der Waals surface area (Å²) in [6, 6.07) is 6.61. The van der Waals surface area contributed by atoms with Gasteiger partial charge in [-0.1, -0.05) is 12.1 Å². The molecule has 0 radical (unpaired) electrons. The normalized spacial score (nSPS) is 14.8. The van der Waals surface area contributed by atoms with Gasteiger partial charge >= 0.3 is 5.97 Å². The predicted octanol–water partition coefficient (Wildman–Crippen LogP) is 3.35. The average molecular weight is 342 g/mol. The smallest absolute Gasteiger partial charge is 0.305 e. The fourth-order valence-electron chi connectivity index (χ4n) is 2.78. The van der Waals surface area contributed by atoms with Crippen LogP contribution in [0.5, 0.6) is 0 Å². The standard InChI is InChI=1S/C19H19FN2O3/c1-11-8-16(12-2-3-12)21-10-15(11)19(25)22-17(9-18(23)24)13-4-6-14(20)7-5-13/h4-8,10,12,17H,2-3,9H2,1H3,(H,22,25)(H,23,24). The number of carboxylic acids is 1. The monoisotopic (exact) mass is 342 g/mol. The number of rotatable bonds is 6. The summed E-state index contributed by atoms with van der Waals surface area (Å²) in [6.07, 6.45) is 3.51. The third-order valence-corrected chi connectivity index (χ3v) is 4.33. The molecule has 1 aliphatic rings. The van der Waals surface area contributed by atoms with E-state index in [2.05, 4.69) is 10.3 Å². The summed E-state index contributed by atoms with van der Waals surface area (Å²) in [5.74, 6) is -1.36. The number of pyridine rings is 1. The zero-order valence-corrected chi connectivity index (χ0v) is 13.8. The second-order valence-electron chi connectivity index (χ2n) is 6.37. The number of aromatic nitrogens is 1. The van der Waals surface area contributed by atoms with E-state index in [4.69, 9.17) is 5.11 Å². The summed E-state index contributed by atoms with van der Waals surface area (Å²) < 4.78 is 13.1. The van der Waals surface area contributed by atoms with Crippen molar-refractivity contribution < 1.29 is 19.1 Å². The van der Waals surface area contributed by atoms with E-state index in [0.717, 1.165) is 24.1 Å². The van der Waals surface area contributed by atoms with Gasteiger partial charge < -0.3 is 10.4 Å². The molecule has 1 aliphatic carbocycles. The molecule has 0 spiro atoms. The second kappa shape index (κ2) is 7.01. The van der Waals surface area contributed by atoms with Crippen LogP contribution in [-0.4, -0.2) is 22.0 Å². The van der Waals surface area contributed by atoms with Gasteiger partial charge in [0.1, 0.15) is 5.82 Å². The van der Waals surface area contributed by atoms with Crippen LogP contribution in [0.25, 0.3) is 0 Å². The summed E-state index contributed by atoms with van der Waals surface area (Å²) in [6.45, 7) is 1.84. The summed E-state index contributed by atoms with van der Waals surface area (Å²) in [4.78, 5) is 28.0. The van der Waals surface area contributed by atoms with Gasteiger partial charge in [-0.15, -0.1) is 0 Å². The Morgan fingerprint density at radius 3 is 2.56 bits per heavy atom. The molecule has 1 unspecified atom stereocenters. The summed E-state index contributed by atoms with van der Waals surface area (Å²) >= 11 is 0. The molecule has 5 nitrogen and oxygen atoms in total. The molecule has 1 amide bonds. The predicted molar refractivity (Wildman–Crippen MR) is 89.8 cm³/mol. The highest BCUT2D eigenvalue weighted by Crippen LogP contribution is 2.39. The maximum absolute atomic E-state index is 13.1. The number of carboxylic acid groups (broad SMARTS) is 1. The molecule has 2 N–H and O–H groups in total. The fourth-order valence-corrected chi connectivity index (χ4v) is 2.78. The van der Waals surface area contributed by atoms with Crippen LogP contribution in [0.4, 0.5) is 4.39 Å². The summed E-state index contributed by atoms with van der Waals surface area (Å²) in [5.41, 5.74) is 2.76. The summed E-state index contributed by atoms with van der Waals surface area (Å²) in [5, 5.41) is 11.8. The van der Waals surface area contributed by atoms with Crippen LogP contribution in [0, 0.1) is 12.7 Å². The number of hydrogen-bond donors (Lipinski definition) is 2. The van der Waals surface area contributed by atoms with Crippen molar-refractivity contribution in [3.8, 4) is 0 Å². The first kappa shape index (κ1) is 17.1. The molecule has 25 heavy (non-hydrogen) atoms. The van der Waals surface area contributed by atoms with E-state index < -0.39 is 17.8 Å². The van der Waals surface area contributed by atoms with Crippen LogP contribution >= 0.6 is 0 Å². The molecule has 0 aliphatic heterocycles. The maximum Gasteiger partial charge on any atom is 0.305 e. The van der Waals surface area contributed by atoms with Crippen molar-refractivity contribution in [1.29, 1.82) is 0 Å². The minimum Gasteiger partial charge on any atom is -0.481 e. The maximum atomic E-state index is 13.1. The van der Waals surface area contributed by atoms with Gasteiger partial charge in [0.05, 0.1) is 18.0 Å². The lowest BCUT2D eigenvalue weighted by molar-refractivity contribution is -0.137. The molecular weight excluding hydrogens is 323 g/mol. The van der Waals surface area contributed by atoms with Crippen LogP contribution in [0.15, 0.2) is 36.5 Å². The number of aryl methyl sites for hydroxylation is 1. The second-order valence-corrected chi connectivity index (χ2v) is 6.37. The van der Waals surface area contributed by atoms with E-state index in [1.54, 1.807) is 6.20 Å². The highest BCUT2D eigenvalue weighted by molar-refractivity contribution is 5.95. The van der Waals surface area contributed by atoms with Gasteiger partial charge in [0.25, 0.3) is 5.91 Å². The van der Waals surface area contributed by atoms with E-state index >= 15 is 0 Å². The van der Waals surface area contributed by atoms with Crippen LogP contribution in [-0.2, 0) is 4.79 Å². The number of carbonyl (C=O) groups excluding carboxylic acids is 1. The van der Waals surface area contributed by atoms with Crippen molar-refractivity contribution in [3.63, 3.8) is 0 Å². The zero-order valence-electron chi connectivity index (χ0n) is 13.8. The molecule has 1 atom stereocenters. The quantitative estimate of drug-likeness (QED) is 0.844.